The molecule has 0 aliphatic carbocycles. The van der Waals surface area contributed by atoms with Crippen LogP contribution < -0.4 is 15.8 Å². The van der Waals surface area contributed by atoms with Crippen LogP contribution in [0.15, 0.2) is 54.6 Å². The highest BCUT2D eigenvalue weighted by Gasteiger charge is 2.18. The molecule has 33 heavy (non-hydrogen) atoms. The Morgan fingerprint density at radius 1 is 1.36 bits per heavy atom. The van der Waals surface area contributed by atoms with Gasteiger partial charge < -0.3 is 15.8 Å². The number of pyridine rings is 2. The largest absolute Gasteiger partial charge is 0.494 e. The first-order valence-corrected chi connectivity index (χ1v) is 10.7. The lowest BCUT2D eigenvalue weighted by Gasteiger charge is -2.13. The fourth-order valence-corrected chi connectivity index (χ4v) is 3.25. The second-order valence-electron chi connectivity index (χ2n) is 6.85. The maximum atomic E-state index is 12.9. The van der Waals surface area contributed by atoms with E-state index in [1.165, 1.54) is 31.8 Å². The molecule has 10 heteroatoms. The highest BCUT2D eigenvalue weighted by Crippen LogP contribution is 2.33. The lowest BCUT2D eigenvalue weighted by molar-refractivity contribution is 0.0978. The summed E-state index contributed by atoms with van der Waals surface area (Å²) in [6, 6.07) is 3.08. The van der Waals surface area contributed by atoms with Crippen LogP contribution in [0.25, 0.3) is 11.1 Å². The molecule has 2 aromatic rings. The Bertz CT molecular complexity index is 1190. The molecule has 0 radical (unpaired) electrons. The highest BCUT2D eigenvalue weighted by atomic mass is 35.5. The van der Waals surface area contributed by atoms with Crippen LogP contribution >= 0.6 is 23.4 Å². The molecule has 2 rings (SSSR count). The number of nitrogens with one attached hydrogen (secondary N) is 3. The van der Waals surface area contributed by atoms with Crippen molar-refractivity contribution in [2.24, 2.45) is 11.7 Å². The van der Waals surface area contributed by atoms with E-state index in [0.29, 0.717) is 34.3 Å². The summed E-state index contributed by atoms with van der Waals surface area (Å²) < 4.78 is 5.32. The van der Waals surface area contributed by atoms with Gasteiger partial charge in [-0.2, -0.15) is 0 Å². The molecule has 170 valence electrons. The van der Waals surface area contributed by atoms with Crippen LogP contribution in [0.4, 0.5) is 0 Å². The summed E-state index contributed by atoms with van der Waals surface area (Å²) in [5, 5.41) is 18.4. The number of hydrogen-bond donors (Lipinski definition) is 4. The number of carbonyl (C=O) groups excluding carboxylic acids is 1. The predicted molar refractivity (Wildman–Crippen MR) is 134 cm³/mol. The van der Waals surface area contributed by atoms with Crippen LogP contribution in [0.3, 0.4) is 0 Å². The summed E-state index contributed by atoms with van der Waals surface area (Å²) in [5.74, 6) is 5.11. The Morgan fingerprint density at radius 3 is 2.73 bits per heavy atom. The van der Waals surface area contributed by atoms with Gasteiger partial charge in [-0.1, -0.05) is 29.7 Å². The second kappa shape index (κ2) is 11.9. The Morgan fingerprint density at radius 2 is 2.09 bits per heavy atom. The van der Waals surface area contributed by atoms with E-state index in [1.54, 1.807) is 19.1 Å². The van der Waals surface area contributed by atoms with Gasteiger partial charge >= 0.3 is 0 Å². The van der Waals surface area contributed by atoms with Crippen molar-refractivity contribution in [3.8, 4) is 28.7 Å². The molecule has 2 aromatic heterocycles. The molecule has 8 nitrogen and oxygen atoms in total. The zero-order chi connectivity index (χ0) is 24.5. The summed E-state index contributed by atoms with van der Waals surface area (Å²) in [4.78, 5) is 20.9. The predicted octanol–water partition coefficient (Wildman–Crippen LogP) is 4.24. The minimum atomic E-state index is -0.554. The number of hydrogen-bond acceptors (Lipinski definition) is 8. The Hall–Kier alpha value is -3.61. The van der Waals surface area contributed by atoms with E-state index < -0.39 is 5.91 Å². The summed E-state index contributed by atoms with van der Waals surface area (Å²) in [6.45, 7) is 7.42. The number of allylic oxidation sites excluding steroid dienone is 3. The minimum absolute atomic E-state index is 0.104. The van der Waals surface area contributed by atoms with Crippen LogP contribution in [0.2, 0.25) is 5.15 Å². The summed E-state index contributed by atoms with van der Waals surface area (Å²) in [5.41, 5.74) is 8.31. The van der Waals surface area contributed by atoms with Gasteiger partial charge in [0.15, 0.2) is 5.17 Å². The van der Waals surface area contributed by atoms with E-state index in [0.717, 1.165) is 5.57 Å². The molecule has 2 heterocycles. The van der Waals surface area contributed by atoms with Gasteiger partial charge in [0, 0.05) is 29.2 Å². The van der Waals surface area contributed by atoms with Crippen LogP contribution in [-0.2, 0) is 0 Å². The molecule has 1 unspecified atom stereocenters. The topological polar surface area (TPSA) is 138 Å². The molecule has 5 N–H and O–H groups in total. The van der Waals surface area contributed by atoms with Gasteiger partial charge in [0.05, 0.1) is 24.8 Å². The number of nitrogens with zero attached hydrogens (tertiary/aromatic N) is 2. The molecule has 0 bridgehead atoms. The number of ether oxygens (including phenoxy) is 1. The smallest absolute Gasteiger partial charge is 0.257 e. The SMILES string of the molecule is C=C(C)C(C#CC(=N)SC(=N)NC(=O)c1ccncc1-c1cc(Cl)ncc1OC)/C=C(/C)N. The fourth-order valence-electron chi connectivity index (χ4n) is 2.63. The molecular formula is C23H23ClN6O2S. The zero-order valence-corrected chi connectivity index (χ0v) is 19.9. The third-order valence-electron chi connectivity index (χ3n) is 4.14. The van der Waals surface area contributed by atoms with Gasteiger partial charge in [-0.3, -0.25) is 20.6 Å². The van der Waals surface area contributed by atoms with Crippen molar-refractivity contribution >= 4 is 39.5 Å². The zero-order valence-electron chi connectivity index (χ0n) is 18.3. The van der Waals surface area contributed by atoms with Crippen molar-refractivity contribution < 1.29 is 9.53 Å². The third kappa shape index (κ3) is 7.49. The average Bonchev–Trinajstić information content (AvgIpc) is 2.76. The van der Waals surface area contributed by atoms with Gasteiger partial charge in [-0.05, 0) is 49.7 Å². The summed E-state index contributed by atoms with van der Waals surface area (Å²) in [7, 11) is 1.48. The lowest BCUT2D eigenvalue weighted by atomic mass is 10.0. The minimum Gasteiger partial charge on any atom is -0.494 e. The maximum absolute atomic E-state index is 12.9. The maximum Gasteiger partial charge on any atom is 0.257 e. The number of carbonyl (C=O) groups is 1. The van der Waals surface area contributed by atoms with Gasteiger partial charge in [0.1, 0.15) is 15.9 Å². The number of thioether (sulfide) groups is 1. The number of amidine groups is 1. The number of aromatic nitrogens is 2. The van der Waals surface area contributed by atoms with E-state index in [-0.39, 0.29) is 26.8 Å². The molecule has 0 saturated carbocycles. The lowest BCUT2D eigenvalue weighted by Crippen LogP contribution is -2.28. The van der Waals surface area contributed by atoms with Crippen LogP contribution in [0, 0.1) is 28.6 Å². The quantitative estimate of drug-likeness (QED) is 0.165. The molecule has 0 aliphatic heterocycles. The average molecular weight is 483 g/mol. The Kier molecular flexibility index (Phi) is 9.21. The summed E-state index contributed by atoms with van der Waals surface area (Å²) >= 11 is 6.73. The number of nitrogens with two attached hydrogens (primary N) is 1. The second-order valence-corrected chi connectivity index (χ2v) is 8.25. The van der Waals surface area contributed by atoms with Crippen molar-refractivity contribution in [3.63, 3.8) is 0 Å². The molecule has 0 aliphatic rings. The molecule has 0 saturated heterocycles. The first kappa shape index (κ1) is 25.6. The number of halogens is 1. The van der Waals surface area contributed by atoms with E-state index in [2.05, 4.69) is 33.7 Å². The molecule has 1 amide bonds. The van der Waals surface area contributed by atoms with Crippen molar-refractivity contribution in [1.29, 1.82) is 10.8 Å². The molecule has 0 fully saturated rings. The third-order valence-corrected chi connectivity index (χ3v) is 4.96. The molecule has 1 atom stereocenters. The normalized spacial score (nSPS) is 11.6. The first-order chi connectivity index (χ1) is 15.6. The van der Waals surface area contributed by atoms with Crippen LogP contribution in [-0.4, -0.2) is 33.2 Å². The van der Waals surface area contributed by atoms with E-state index >= 15 is 0 Å². The van der Waals surface area contributed by atoms with Gasteiger partial charge in [-0.15, -0.1) is 0 Å². The van der Waals surface area contributed by atoms with Gasteiger partial charge in [0.25, 0.3) is 5.91 Å². The van der Waals surface area contributed by atoms with Crippen LogP contribution in [0.1, 0.15) is 24.2 Å². The number of rotatable bonds is 5. The molecule has 0 aromatic carbocycles. The monoisotopic (exact) mass is 482 g/mol. The highest BCUT2D eigenvalue weighted by molar-refractivity contribution is 8.26. The first-order valence-electron chi connectivity index (χ1n) is 9.53. The fraction of sp³-hybridized carbons (Fsp3) is 0.174. The van der Waals surface area contributed by atoms with Crippen molar-refractivity contribution in [1.82, 2.24) is 15.3 Å². The van der Waals surface area contributed by atoms with E-state index in [1.807, 2.05) is 6.92 Å². The van der Waals surface area contributed by atoms with Gasteiger partial charge in [-0.25, -0.2) is 4.98 Å². The van der Waals surface area contributed by atoms with Gasteiger partial charge in [0.2, 0.25) is 0 Å². The number of amides is 1. The van der Waals surface area contributed by atoms with E-state index in [9.17, 15) is 4.79 Å². The van der Waals surface area contributed by atoms with Crippen LogP contribution in [0.5, 0.6) is 5.75 Å². The standard InChI is InChI=1S/C23H23ClN6O2S/c1-13(2)15(9-14(3)25)5-6-21(26)33-23(27)30-22(31)16-7-8-28-11-18(16)17-10-20(24)29-12-19(17)32-4/h7-12,15,26H,1,25H2,2-4H3,(H2,27,30,31)/b14-9-,26-21?. The van der Waals surface area contributed by atoms with E-state index in [4.69, 9.17) is 32.9 Å². The van der Waals surface area contributed by atoms with Crippen molar-refractivity contribution in [2.75, 3.05) is 7.11 Å². The van der Waals surface area contributed by atoms with Crippen molar-refractivity contribution in [3.05, 3.63) is 65.4 Å². The Labute approximate surface area is 201 Å². The Balaban J connectivity index is 2.18. The number of methoxy groups -OCH3 is 1. The summed E-state index contributed by atoms with van der Waals surface area (Å²) in [6.07, 6.45) is 6.15. The molecular weight excluding hydrogens is 460 g/mol. The molecule has 0 spiro atoms. The van der Waals surface area contributed by atoms with Crippen molar-refractivity contribution in [2.45, 2.75) is 13.8 Å².